The van der Waals surface area contributed by atoms with Gasteiger partial charge in [0.25, 0.3) is 0 Å². The third-order valence-electron chi connectivity index (χ3n) is 4.39. The maximum atomic E-state index is 4.87. The number of benzene rings is 2. The second-order valence-corrected chi connectivity index (χ2v) is 7.10. The van der Waals surface area contributed by atoms with E-state index in [4.69, 9.17) is 9.97 Å². The second kappa shape index (κ2) is 5.63. The summed E-state index contributed by atoms with van der Waals surface area (Å²) < 4.78 is 2.16. The average molecular weight is 344 g/mol. The molecule has 25 heavy (non-hydrogen) atoms. The SMILES string of the molecule is Cc1ccc2nc(-c3ccccc3)n(-c3ccc4c(c3)SCN4)c2n1. The normalized spacial score (nSPS) is 13.0. The van der Waals surface area contributed by atoms with Crippen LogP contribution in [0.3, 0.4) is 0 Å². The summed E-state index contributed by atoms with van der Waals surface area (Å²) >= 11 is 1.82. The van der Waals surface area contributed by atoms with E-state index >= 15 is 0 Å². The first kappa shape index (κ1) is 14.5. The monoisotopic (exact) mass is 344 g/mol. The van der Waals surface area contributed by atoms with Gasteiger partial charge in [-0.25, -0.2) is 9.97 Å². The number of nitrogens with one attached hydrogen (secondary N) is 1. The van der Waals surface area contributed by atoms with Crippen LogP contribution in [0.15, 0.2) is 65.6 Å². The highest BCUT2D eigenvalue weighted by Gasteiger charge is 2.18. The summed E-state index contributed by atoms with van der Waals surface area (Å²) in [6, 6.07) is 20.8. The van der Waals surface area contributed by atoms with Crippen LogP contribution in [0, 0.1) is 6.92 Å². The number of thioether (sulfide) groups is 1. The summed E-state index contributed by atoms with van der Waals surface area (Å²) in [5, 5.41) is 3.39. The Kier molecular flexibility index (Phi) is 3.28. The van der Waals surface area contributed by atoms with Crippen LogP contribution >= 0.6 is 11.8 Å². The van der Waals surface area contributed by atoms with Crippen molar-refractivity contribution in [1.82, 2.24) is 14.5 Å². The molecule has 4 aromatic rings. The predicted octanol–water partition coefficient (Wildman–Crippen LogP) is 4.87. The Morgan fingerprint density at radius 2 is 1.88 bits per heavy atom. The van der Waals surface area contributed by atoms with E-state index in [1.807, 2.05) is 49.0 Å². The van der Waals surface area contributed by atoms with E-state index in [2.05, 4.69) is 40.2 Å². The Labute approximate surface area is 149 Å². The zero-order valence-electron chi connectivity index (χ0n) is 13.7. The lowest BCUT2D eigenvalue weighted by Crippen LogP contribution is -1.99. The van der Waals surface area contributed by atoms with Crippen molar-refractivity contribution in [1.29, 1.82) is 0 Å². The first-order valence-corrected chi connectivity index (χ1v) is 9.21. The molecule has 2 aromatic heterocycles. The third kappa shape index (κ3) is 2.39. The van der Waals surface area contributed by atoms with E-state index in [1.54, 1.807) is 0 Å². The third-order valence-corrected chi connectivity index (χ3v) is 5.33. The fourth-order valence-corrected chi connectivity index (χ4v) is 4.07. The Balaban J connectivity index is 1.82. The minimum absolute atomic E-state index is 0.898. The lowest BCUT2D eigenvalue weighted by atomic mass is 10.2. The Morgan fingerprint density at radius 3 is 2.76 bits per heavy atom. The molecule has 2 aromatic carbocycles. The molecule has 0 unspecified atom stereocenters. The van der Waals surface area contributed by atoms with Gasteiger partial charge in [0.1, 0.15) is 11.3 Å². The highest BCUT2D eigenvalue weighted by molar-refractivity contribution is 7.99. The molecule has 0 saturated carbocycles. The zero-order valence-corrected chi connectivity index (χ0v) is 14.5. The zero-order chi connectivity index (χ0) is 16.8. The predicted molar refractivity (Wildman–Crippen MR) is 103 cm³/mol. The average Bonchev–Trinajstić information content (AvgIpc) is 3.25. The van der Waals surface area contributed by atoms with Crippen molar-refractivity contribution in [2.24, 2.45) is 0 Å². The van der Waals surface area contributed by atoms with Gasteiger partial charge in [-0.05, 0) is 37.3 Å². The summed E-state index contributed by atoms with van der Waals surface area (Å²) in [6.45, 7) is 2.02. The summed E-state index contributed by atoms with van der Waals surface area (Å²) in [5.74, 6) is 1.84. The maximum Gasteiger partial charge on any atom is 0.165 e. The second-order valence-electron chi connectivity index (χ2n) is 6.08. The van der Waals surface area contributed by atoms with Gasteiger partial charge in [-0.2, -0.15) is 0 Å². The van der Waals surface area contributed by atoms with Crippen LogP contribution in [0.1, 0.15) is 5.69 Å². The van der Waals surface area contributed by atoms with Gasteiger partial charge in [0.2, 0.25) is 0 Å². The van der Waals surface area contributed by atoms with Crippen LogP contribution in [-0.2, 0) is 0 Å². The van der Waals surface area contributed by atoms with Crippen LogP contribution in [-0.4, -0.2) is 20.4 Å². The van der Waals surface area contributed by atoms with E-state index in [0.29, 0.717) is 0 Å². The molecule has 1 aliphatic heterocycles. The van der Waals surface area contributed by atoms with Crippen LogP contribution in [0.4, 0.5) is 5.69 Å². The maximum absolute atomic E-state index is 4.87. The summed E-state index contributed by atoms with van der Waals surface area (Å²) in [6.07, 6.45) is 0. The number of hydrogen-bond acceptors (Lipinski definition) is 4. The molecular formula is C20H16N4S. The van der Waals surface area contributed by atoms with Crippen molar-refractivity contribution in [3.05, 3.63) is 66.4 Å². The molecule has 0 amide bonds. The summed E-state index contributed by atoms with van der Waals surface area (Å²) in [4.78, 5) is 10.9. The molecule has 4 nitrogen and oxygen atoms in total. The number of nitrogens with zero attached hydrogens (tertiary/aromatic N) is 3. The molecule has 0 saturated heterocycles. The van der Waals surface area contributed by atoms with Gasteiger partial charge in [0.15, 0.2) is 5.65 Å². The van der Waals surface area contributed by atoms with Crippen molar-refractivity contribution >= 4 is 28.6 Å². The number of pyridine rings is 1. The van der Waals surface area contributed by atoms with Crippen LogP contribution in [0.2, 0.25) is 0 Å². The number of fused-ring (bicyclic) bond motifs is 2. The molecule has 5 rings (SSSR count). The molecule has 5 heteroatoms. The minimum Gasteiger partial charge on any atom is -0.375 e. The quantitative estimate of drug-likeness (QED) is 0.563. The van der Waals surface area contributed by atoms with E-state index in [0.717, 1.165) is 39.8 Å². The Morgan fingerprint density at radius 1 is 1.00 bits per heavy atom. The van der Waals surface area contributed by atoms with Gasteiger partial charge in [-0.15, -0.1) is 11.8 Å². The fraction of sp³-hybridized carbons (Fsp3) is 0.100. The van der Waals surface area contributed by atoms with E-state index in [1.165, 1.54) is 10.6 Å². The van der Waals surface area contributed by atoms with Crippen LogP contribution in [0.25, 0.3) is 28.2 Å². The lowest BCUT2D eigenvalue weighted by molar-refractivity contribution is 1.06. The molecule has 0 spiro atoms. The van der Waals surface area contributed by atoms with E-state index in [-0.39, 0.29) is 0 Å². The number of rotatable bonds is 2. The highest BCUT2D eigenvalue weighted by Crippen LogP contribution is 2.36. The van der Waals surface area contributed by atoms with Crippen molar-refractivity contribution < 1.29 is 0 Å². The smallest absolute Gasteiger partial charge is 0.165 e. The molecule has 1 N–H and O–H groups in total. The lowest BCUT2D eigenvalue weighted by Gasteiger charge is -2.10. The number of imidazole rings is 1. The summed E-state index contributed by atoms with van der Waals surface area (Å²) in [5.41, 5.74) is 6.18. The largest absolute Gasteiger partial charge is 0.375 e. The van der Waals surface area contributed by atoms with Crippen molar-refractivity contribution in [2.45, 2.75) is 11.8 Å². The number of aryl methyl sites for hydroxylation is 1. The molecule has 0 bridgehead atoms. The first-order valence-electron chi connectivity index (χ1n) is 8.22. The molecular weight excluding hydrogens is 328 g/mol. The number of aromatic nitrogens is 3. The topological polar surface area (TPSA) is 42.7 Å². The Hall–Kier alpha value is -2.79. The van der Waals surface area contributed by atoms with Gasteiger partial charge in [0.05, 0.1) is 11.6 Å². The first-order chi connectivity index (χ1) is 12.3. The Bertz CT molecular complexity index is 1090. The summed E-state index contributed by atoms with van der Waals surface area (Å²) in [7, 11) is 0. The standard InChI is InChI=1S/C20H16N4S/c1-13-7-9-17-20(22-13)24(19(23-17)14-5-3-2-4-6-14)15-8-10-16-18(11-15)25-12-21-16/h2-11,21H,12H2,1H3. The van der Waals surface area contributed by atoms with Gasteiger partial charge in [-0.1, -0.05) is 30.3 Å². The van der Waals surface area contributed by atoms with E-state index < -0.39 is 0 Å². The number of anilines is 1. The van der Waals surface area contributed by atoms with Crippen LogP contribution < -0.4 is 5.32 Å². The molecule has 0 atom stereocenters. The highest BCUT2D eigenvalue weighted by atomic mass is 32.2. The fourth-order valence-electron chi connectivity index (χ4n) is 3.18. The molecule has 3 heterocycles. The minimum atomic E-state index is 0.898. The van der Waals surface area contributed by atoms with Gasteiger partial charge < -0.3 is 5.32 Å². The molecule has 0 radical (unpaired) electrons. The number of hydrogen-bond donors (Lipinski definition) is 1. The van der Waals surface area contributed by atoms with Crippen molar-refractivity contribution in [3.63, 3.8) is 0 Å². The van der Waals surface area contributed by atoms with Crippen molar-refractivity contribution in [2.75, 3.05) is 11.2 Å². The molecule has 1 aliphatic rings. The van der Waals surface area contributed by atoms with Gasteiger partial charge in [-0.3, -0.25) is 4.57 Å². The molecule has 122 valence electrons. The van der Waals surface area contributed by atoms with Crippen LogP contribution in [0.5, 0.6) is 0 Å². The molecule has 0 aliphatic carbocycles. The van der Waals surface area contributed by atoms with E-state index in [9.17, 15) is 0 Å². The van der Waals surface area contributed by atoms with Gasteiger partial charge >= 0.3 is 0 Å². The molecule has 0 fully saturated rings. The van der Waals surface area contributed by atoms with Crippen molar-refractivity contribution in [3.8, 4) is 17.1 Å². The van der Waals surface area contributed by atoms with Gasteiger partial charge in [0, 0.05) is 21.8 Å².